The van der Waals surface area contributed by atoms with Crippen LogP contribution in [-0.4, -0.2) is 44.3 Å². The summed E-state index contributed by atoms with van der Waals surface area (Å²) in [4.78, 5) is 24.5. The van der Waals surface area contributed by atoms with Crippen molar-refractivity contribution < 1.29 is 28.5 Å². The highest BCUT2D eigenvalue weighted by atomic mass is 16.6. The summed E-state index contributed by atoms with van der Waals surface area (Å²) in [6, 6.07) is 3.69. The van der Waals surface area contributed by atoms with Crippen LogP contribution in [0.4, 0.5) is 0 Å². The van der Waals surface area contributed by atoms with Gasteiger partial charge in [-0.15, -0.1) is 0 Å². The van der Waals surface area contributed by atoms with E-state index < -0.39 is 12.1 Å². The number of amides is 1. The molecule has 1 fully saturated rings. The molecule has 0 saturated heterocycles. The van der Waals surface area contributed by atoms with Crippen LogP contribution in [0.1, 0.15) is 51.0 Å². The molecule has 7 heteroatoms. The van der Waals surface area contributed by atoms with Crippen molar-refractivity contribution >= 4 is 18.0 Å². The maximum atomic E-state index is 12.3. The molecule has 2 aliphatic rings. The first kappa shape index (κ1) is 21.0. The summed E-state index contributed by atoms with van der Waals surface area (Å²) in [7, 11) is 1.55. The molecule has 7 nitrogen and oxygen atoms in total. The maximum Gasteiger partial charge on any atom is 0.331 e. The van der Waals surface area contributed by atoms with Crippen LogP contribution < -0.4 is 19.5 Å². The number of carbonyl (C=O) groups excluding carboxylic acids is 2. The smallest absolute Gasteiger partial charge is 0.331 e. The van der Waals surface area contributed by atoms with E-state index in [4.69, 9.17) is 18.9 Å². The van der Waals surface area contributed by atoms with E-state index in [9.17, 15) is 9.59 Å². The average molecular weight is 403 g/mol. The normalized spacial score (nSPS) is 18.0. The summed E-state index contributed by atoms with van der Waals surface area (Å²) in [5, 5.41) is 3.00. The molecule has 1 saturated carbocycles. The second-order valence-electron chi connectivity index (χ2n) is 7.36. The Morgan fingerprint density at radius 3 is 2.59 bits per heavy atom. The lowest BCUT2D eigenvalue weighted by Crippen LogP contribution is -2.41. The first-order chi connectivity index (χ1) is 14.1. The van der Waals surface area contributed by atoms with Crippen LogP contribution in [0, 0.1) is 0 Å². The quantitative estimate of drug-likeness (QED) is 0.446. The molecule has 1 aliphatic carbocycles. The van der Waals surface area contributed by atoms with E-state index in [1.54, 1.807) is 32.2 Å². The summed E-state index contributed by atoms with van der Waals surface area (Å²) in [5.41, 5.74) is 0.707. The molecule has 1 N–H and O–H groups in total. The minimum absolute atomic E-state index is 0.173. The number of esters is 1. The molecule has 3 rings (SSSR count). The average Bonchev–Trinajstić information content (AvgIpc) is 3.00. The lowest BCUT2D eigenvalue weighted by Gasteiger charge is -2.21. The number of hydrogen-bond acceptors (Lipinski definition) is 6. The molecule has 1 aromatic rings. The van der Waals surface area contributed by atoms with Crippen molar-refractivity contribution in [2.75, 3.05) is 20.3 Å². The molecule has 1 heterocycles. The molecule has 0 unspecified atom stereocenters. The van der Waals surface area contributed by atoms with Crippen LogP contribution in [0.2, 0.25) is 0 Å². The fourth-order valence-electron chi connectivity index (χ4n) is 3.56. The molecule has 0 bridgehead atoms. The molecule has 158 valence electrons. The second kappa shape index (κ2) is 10.2. The Balaban J connectivity index is 1.55. The Bertz CT molecular complexity index is 735. The van der Waals surface area contributed by atoms with Crippen molar-refractivity contribution in [2.45, 2.75) is 57.6 Å². The lowest BCUT2D eigenvalue weighted by molar-refractivity contribution is -0.150. The number of methoxy groups -OCH3 is 1. The number of rotatable bonds is 6. The van der Waals surface area contributed by atoms with Crippen molar-refractivity contribution in [2.24, 2.45) is 0 Å². The third kappa shape index (κ3) is 5.89. The summed E-state index contributed by atoms with van der Waals surface area (Å²) in [6.07, 6.45) is 8.70. The summed E-state index contributed by atoms with van der Waals surface area (Å²) in [5.74, 6) is 0.829. The number of hydrogen-bond donors (Lipinski definition) is 1. The van der Waals surface area contributed by atoms with Gasteiger partial charge in [-0.1, -0.05) is 25.7 Å². The standard InChI is InChI=1S/C22H29NO6/c1-15(22(25)23-17-7-5-3-4-6-8-17)29-20(24)10-9-16-13-18(26-2)21-19(14-16)27-11-12-28-21/h9-10,13-15,17H,3-8,11-12H2,1-2H3,(H,23,25)/b10-9+/t15-/m0/s1. The highest BCUT2D eigenvalue weighted by Crippen LogP contribution is 2.40. The van der Waals surface area contributed by atoms with Gasteiger partial charge in [0.15, 0.2) is 17.6 Å². The molecule has 0 spiro atoms. The molecule has 0 aromatic heterocycles. The van der Waals surface area contributed by atoms with Crippen LogP contribution in [-0.2, 0) is 14.3 Å². The molecule has 29 heavy (non-hydrogen) atoms. The fraction of sp³-hybridized carbons (Fsp3) is 0.545. The fourth-order valence-corrected chi connectivity index (χ4v) is 3.56. The van der Waals surface area contributed by atoms with E-state index in [1.807, 2.05) is 0 Å². The van der Waals surface area contributed by atoms with Crippen molar-refractivity contribution in [3.8, 4) is 17.2 Å². The Kier molecular flexibility index (Phi) is 7.38. The Morgan fingerprint density at radius 2 is 1.86 bits per heavy atom. The van der Waals surface area contributed by atoms with Gasteiger partial charge >= 0.3 is 5.97 Å². The minimum Gasteiger partial charge on any atom is -0.493 e. The zero-order chi connectivity index (χ0) is 20.6. The highest BCUT2D eigenvalue weighted by Gasteiger charge is 2.21. The molecular formula is C22H29NO6. The second-order valence-corrected chi connectivity index (χ2v) is 7.36. The van der Waals surface area contributed by atoms with Crippen molar-refractivity contribution in [1.29, 1.82) is 0 Å². The number of fused-ring (bicyclic) bond motifs is 1. The SMILES string of the molecule is COc1cc(/C=C/C(=O)O[C@@H](C)C(=O)NC2CCCCCC2)cc2c1OCCO2. The van der Waals surface area contributed by atoms with Crippen LogP contribution >= 0.6 is 0 Å². The summed E-state index contributed by atoms with van der Waals surface area (Å²) >= 11 is 0. The van der Waals surface area contributed by atoms with E-state index in [0.717, 1.165) is 25.7 Å². The van der Waals surface area contributed by atoms with Gasteiger partial charge in [0.1, 0.15) is 13.2 Å². The van der Waals surface area contributed by atoms with E-state index in [-0.39, 0.29) is 11.9 Å². The Morgan fingerprint density at radius 1 is 1.14 bits per heavy atom. The van der Waals surface area contributed by atoms with E-state index in [1.165, 1.54) is 18.9 Å². The van der Waals surface area contributed by atoms with Gasteiger partial charge in [-0.05, 0) is 43.5 Å². The topological polar surface area (TPSA) is 83.1 Å². The highest BCUT2D eigenvalue weighted by molar-refractivity contribution is 5.90. The summed E-state index contributed by atoms with van der Waals surface area (Å²) < 4.78 is 21.7. The monoisotopic (exact) mass is 403 g/mol. The third-order valence-electron chi connectivity index (χ3n) is 5.13. The van der Waals surface area contributed by atoms with Crippen LogP contribution in [0.3, 0.4) is 0 Å². The van der Waals surface area contributed by atoms with Crippen LogP contribution in [0.25, 0.3) is 6.08 Å². The van der Waals surface area contributed by atoms with Gasteiger partial charge in [0.25, 0.3) is 5.91 Å². The first-order valence-corrected chi connectivity index (χ1v) is 10.2. The zero-order valence-corrected chi connectivity index (χ0v) is 17.1. The van der Waals surface area contributed by atoms with Crippen molar-refractivity contribution in [3.63, 3.8) is 0 Å². The molecule has 0 radical (unpaired) electrons. The molecule has 1 aromatic carbocycles. The number of nitrogens with one attached hydrogen (secondary N) is 1. The maximum absolute atomic E-state index is 12.3. The van der Waals surface area contributed by atoms with E-state index in [0.29, 0.717) is 36.0 Å². The van der Waals surface area contributed by atoms with Crippen molar-refractivity contribution in [3.05, 3.63) is 23.8 Å². The van der Waals surface area contributed by atoms with Gasteiger partial charge < -0.3 is 24.3 Å². The Labute approximate surface area is 171 Å². The number of carbonyl (C=O) groups is 2. The van der Waals surface area contributed by atoms with Crippen LogP contribution in [0.5, 0.6) is 17.2 Å². The van der Waals surface area contributed by atoms with Gasteiger partial charge in [-0.2, -0.15) is 0 Å². The van der Waals surface area contributed by atoms with Gasteiger partial charge in [0.05, 0.1) is 7.11 Å². The lowest BCUT2D eigenvalue weighted by atomic mass is 10.1. The number of benzene rings is 1. The first-order valence-electron chi connectivity index (χ1n) is 10.2. The molecule has 1 atom stereocenters. The van der Waals surface area contributed by atoms with Gasteiger partial charge in [-0.25, -0.2) is 4.79 Å². The minimum atomic E-state index is -0.842. The van der Waals surface area contributed by atoms with E-state index >= 15 is 0 Å². The van der Waals surface area contributed by atoms with Gasteiger partial charge in [-0.3, -0.25) is 4.79 Å². The van der Waals surface area contributed by atoms with E-state index in [2.05, 4.69) is 5.32 Å². The summed E-state index contributed by atoms with van der Waals surface area (Å²) in [6.45, 7) is 2.51. The zero-order valence-electron chi connectivity index (χ0n) is 17.1. The van der Waals surface area contributed by atoms with Crippen molar-refractivity contribution in [1.82, 2.24) is 5.32 Å². The third-order valence-corrected chi connectivity index (χ3v) is 5.13. The predicted octanol–water partition coefficient (Wildman–Crippen LogP) is 3.25. The van der Waals surface area contributed by atoms with Gasteiger partial charge in [0, 0.05) is 12.1 Å². The predicted molar refractivity (Wildman–Crippen MR) is 108 cm³/mol. The Hall–Kier alpha value is -2.70. The number of ether oxygens (including phenoxy) is 4. The molecule has 1 aliphatic heterocycles. The van der Waals surface area contributed by atoms with Crippen LogP contribution in [0.15, 0.2) is 18.2 Å². The molecular weight excluding hydrogens is 374 g/mol. The largest absolute Gasteiger partial charge is 0.493 e. The molecule has 1 amide bonds. The van der Waals surface area contributed by atoms with Gasteiger partial charge in [0.2, 0.25) is 5.75 Å².